The van der Waals surface area contributed by atoms with E-state index in [0.717, 1.165) is 15.6 Å². The molecule has 0 saturated carbocycles. The predicted molar refractivity (Wildman–Crippen MR) is 93.9 cm³/mol. The second-order valence-corrected chi connectivity index (χ2v) is 5.83. The summed E-state index contributed by atoms with van der Waals surface area (Å²) in [7, 11) is 0. The number of benzene rings is 2. The van der Waals surface area contributed by atoms with Crippen molar-refractivity contribution >= 4 is 39.6 Å². The first kappa shape index (κ1) is 17.0. The quantitative estimate of drug-likeness (QED) is 0.637. The fourth-order valence-corrected chi connectivity index (χ4v) is 2.30. The van der Waals surface area contributed by atoms with Gasteiger partial charge in [-0.25, -0.2) is 4.79 Å². The van der Waals surface area contributed by atoms with Gasteiger partial charge in [0.2, 0.25) is 0 Å². The highest BCUT2D eigenvalue weighted by molar-refractivity contribution is 9.10. The number of amides is 1. The summed E-state index contributed by atoms with van der Waals surface area (Å²) in [6.45, 7) is 1.61. The first-order valence-corrected chi connectivity index (χ1v) is 7.79. The lowest BCUT2D eigenvalue weighted by Crippen LogP contribution is -2.20. The molecule has 118 valence electrons. The first-order chi connectivity index (χ1) is 11.0. The van der Waals surface area contributed by atoms with Gasteiger partial charge in [-0.3, -0.25) is 4.79 Å². The summed E-state index contributed by atoms with van der Waals surface area (Å²) in [6, 6.07) is 14.9. The molecule has 0 fully saturated rings. The second-order valence-electron chi connectivity index (χ2n) is 4.91. The van der Waals surface area contributed by atoms with Crippen molar-refractivity contribution in [3.63, 3.8) is 0 Å². The SMILES string of the molecule is Cc1cccc(NC(=O)COC(=O)/C=C/c2cccc(Br)c2)c1. The van der Waals surface area contributed by atoms with Crippen LogP contribution in [0.4, 0.5) is 5.69 Å². The number of halogens is 1. The van der Waals surface area contributed by atoms with Crippen molar-refractivity contribution in [1.82, 2.24) is 0 Å². The zero-order valence-electron chi connectivity index (χ0n) is 12.6. The number of hydrogen-bond donors (Lipinski definition) is 1. The van der Waals surface area contributed by atoms with Crippen LogP contribution in [0, 0.1) is 6.92 Å². The van der Waals surface area contributed by atoms with E-state index in [1.165, 1.54) is 6.08 Å². The Hall–Kier alpha value is -2.40. The van der Waals surface area contributed by atoms with Crippen molar-refractivity contribution in [2.24, 2.45) is 0 Å². The summed E-state index contributed by atoms with van der Waals surface area (Å²) in [5.41, 5.74) is 2.58. The molecule has 4 nitrogen and oxygen atoms in total. The maximum atomic E-state index is 11.7. The molecule has 1 amide bonds. The molecule has 1 N–H and O–H groups in total. The minimum absolute atomic E-state index is 0.324. The van der Waals surface area contributed by atoms with Crippen LogP contribution in [0.2, 0.25) is 0 Å². The number of anilines is 1. The lowest BCUT2D eigenvalue weighted by molar-refractivity contribution is -0.142. The molecule has 0 heterocycles. The molecule has 0 unspecified atom stereocenters. The van der Waals surface area contributed by atoms with E-state index >= 15 is 0 Å². The standard InChI is InChI=1S/C18H16BrNO3/c1-13-4-2-7-16(10-13)20-17(21)12-23-18(22)9-8-14-5-3-6-15(19)11-14/h2-11H,12H2,1H3,(H,20,21)/b9-8+. The van der Waals surface area contributed by atoms with Gasteiger partial charge in [0.15, 0.2) is 6.61 Å². The Morgan fingerprint density at radius 3 is 2.70 bits per heavy atom. The van der Waals surface area contributed by atoms with E-state index in [0.29, 0.717) is 5.69 Å². The van der Waals surface area contributed by atoms with Crippen LogP contribution in [0.3, 0.4) is 0 Å². The molecule has 0 spiro atoms. The van der Waals surface area contributed by atoms with E-state index in [1.807, 2.05) is 49.4 Å². The Kier molecular flexibility index (Phi) is 6.11. The molecule has 5 heteroatoms. The minimum atomic E-state index is -0.565. The van der Waals surface area contributed by atoms with Gasteiger partial charge in [-0.2, -0.15) is 0 Å². The predicted octanol–water partition coefficient (Wildman–Crippen LogP) is 3.95. The fraction of sp³-hybridized carbons (Fsp3) is 0.111. The van der Waals surface area contributed by atoms with Gasteiger partial charge in [-0.15, -0.1) is 0 Å². The van der Waals surface area contributed by atoms with Crippen molar-refractivity contribution in [2.45, 2.75) is 6.92 Å². The average molecular weight is 374 g/mol. The van der Waals surface area contributed by atoms with E-state index in [9.17, 15) is 9.59 Å². The molecule has 0 aliphatic heterocycles. The Bertz CT molecular complexity index is 741. The molecule has 0 aromatic heterocycles. The van der Waals surface area contributed by atoms with Crippen LogP contribution in [0.1, 0.15) is 11.1 Å². The number of nitrogens with one attached hydrogen (secondary N) is 1. The molecule has 2 aromatic rings. The van der Waals surface area contributed by atoms with Crippen molar-refractivity contribution in [3.05, 3.63) is 70.2 Å². The van der Waals surface area contributed by atoms with Gasteiger partial charge in [0.05, 0.1) is 0 Å². The van der Waals surface area contributed by atoms with Gasteiger partial charge in [-0.1, -0.05) is 40.2 Å². The van der Waals surface area contributed by atoms with Gasteiger partial charge in [0.25, 0.3) is 5.91 Å². The number of carbonyl (C=O) groups is 2. The van der Waals surface area contributed by atoms with Crippen molar-refractivity contribution in [1.29, 1.82) is 0 Å². The van der Waals surface area contributed by atoms with Gasteiger partial charge in [-0.05, 0) is 48.4 Å². The summed E-state index contributed by atoms with van der Waals surface area (Å²) in [5.74, 6) is -0.941. The highest BCUT2D eigenvalue weighted by Crippen LogP contribution is 2.13. The average Bonchev–Trinajstić information content (AvgIpc) is 2.51. The summed E-state index contributed by atoms with van der Waals surface area (Å²) in [4.78, 5) is 23.3. The second kappa shape index (κ2) is 8.29. The summed E-state index contributed by atoms with van der Waals surface area (Å²) in [5, 5.41) is 2.67. The lowest BCUT2D eigenvalue weighted by atomic mass is 10.2. The zero-order valence-corrected chi connectivity index (χ0v) is 14.2. The van der Waals surface area contributed by atoms with Crippen LogP contribution in [-0.2, 0) is 14.3 Å². The van der Waals surface area contributed by atoms with Crippen molar-refractivity contribution in [2.75, 3.05) is 11.9 Å². The zero-order chi connectivity index (χ0) is 16.7. The molecule has 0 saturated heterocycles. The van der Waals surface area contributed by atoms with Crippen LogP contribution >= 0.6 is 15.9 Å². The maximum Gasteiger partial charge on any atom is 0.331 e. The van der Waals surface area contributed by atoms with Crippen LogP contribution in [-0.4, -0.2) is 18.5 Å². The summed E-state index contributed by atoms with van der Waals surface area (Å²) < 4.78 is 5.83. The Balaban J connectivity index is 1.81. The number of aryl methyl sites for hydroxylation is 1. The normalized spacial score (nSPS) is 10.5. The van der Waals surface area contributed by atoms with Crippen LogP contribution < -0.4 is 5.32 Å². The number of rotatable bonds is 5. The van der Waals surface area contributed by atoms with E-state index in [4.69, 9.17) is 4.74 Å². The molecule has 0 aliphatic rings. The van der Waals surface area contributed by atoms with Gasteiger partial charge in [0, 0.05) is 16.2 Å². The maximum absolute atomic E-state index is 11.7. The number of ether oxygens (including phenoxy) is 1. The van der Waals surface area contributed by atoms with E-state index < -0.39 is 5.97 Å². The van der Waals surface area contributed by atoms with E-state index in [1.54, 1.807) is 12.1 Å². The molecule has 0 aliphatic carbocycles. The van der Waals surface area contributed by atoms with E-state index in [2.05, 4.69) is 21.2 Å². The van der Waals surface area contributed by atoms with Crippen molar-refractivity contribution in [3.8, 4) is 0 Å². The molecule has 2 aromatic carbocycles. The van der Waals surface area contributed by atoms with Gasteiger partial charge >= 0.3 is 5.97 Å². The summed E-state index contributed by atoms with van der Waals surface area (Å²) in [6.07, 6.45) is 2.92. The molecule has 23 heavy (non-hydrogen) atoms. The van der Waals surface area contributed by atoms with Gasteiger partial charge < -0.3 is 10.1 Å². The minimum Gasteiger partial charge on any atom is -0.452 e. The number of esters is 1. The molecule has 0 bridgehead atoms. The lowest BCUT2D eigenvalue weighted by Gasteiger charge is -2.06. The van der Waals surface area contributed by atoms with Crippen LogP contribution in [0.25, 0.3) is 6.08 Å². The third-order valence-corrected chi connectivity index (χ3v) is 3.40. The molecule has 0 atom stereocenters. The molecular weight excluding hydrogens is 358 g/mol. The number of carbonyl (C=O) groups excluding carboxylic acids is 2. The summed E-state index contributed by atoms with van der Waals surface area (Å²) >= 11 is 3.35. The molecular formula is C18H16BrNO3. The topological polar surface area (TPSA) is 55.4 Å². The highest BCUT2D eigenvalue weighted by atomic mass is 79.9. The first-order valence-electron chi connectivity index (χ1n) is 7.00. The van der Waals surface area contributed by atoms with Crippen LogP contribution in [0.15, 0.2) is 59.1 Å². The Morgan fingerprint density at radius 1 is 1.17 bits per heavy atom. The molecule has 2 rings (SSSR count). The molecule has 0 radical (unpaired) electrons. The largest absolute Gasteiger partial charge is 0.452 e. The smallest absolute Gasteiger partial charge is 0.331 e. The van der Waals surface area contributed by atoms with Crippen LogP contribution in [0.5, 0.6) is 0 Å². The van der Waals surface area contributed by atoms with E-state index in [-0.39, 0.29) is 12.5 Å². The third kappa shape index (κ3) is 6.08. The monoisotopic (exact) mass is 373 g/mol. The van der Waals surface area contributed by atoms with Gasteiger partial charge in [0.1, 0.15) is 0 Å². The Labute approximate surface area is 143 Å². The fourth-order valence-electron chi connectivity index (χ4n) is 1.88. The highest BCUT2D eigenvalue weighted by Gasteiger charge is 2.05. The van der Waals surface area contributed by atoms with Crippen molar-refractivity contribution < 1.29 is 14.3 Å². The third-order valence-electron chi connectivity index (χ3n) is 2.91. The number of hydrogen-bond acceptors (Lipinski definition) is 3. The Morgan fingerprint density at radius 2 is 1.96 bits per heavy atom.